The molecule has 0 saturated heterocycles. The fourth-order valence-electron chi connectivity index (χ4n) is 1.08. The molecule has 3 heteroatoms. The average molecular weight is 214 g/mol. The Bertz CT molecular complexity index is 309. The molecular weight excluding hydrogens is 196 g/mol. The lowest BCUT2D eigenvalue weighted by molar-refractivity contribution is 0.450. The Kier molecular flexibility index (Phi) is 2.95. The van der Waals surface area contributed by atoms with E-state index < -0.39 is 15.3 Å². The van der Waals surface area contributed by atoms with Gasteiger partial charge in [-0.1, -0.05) is 17.7 Å². The lowest BCUT2D eigenvalue weighted by atomic mass is 10.2. The van der Waals surface area contributed by atoms with E-state index in [1.54, 1.807) is 12.1 Å². The van der Waals surface area contributed by atoms with Gasteiger partial charge in [-0.3, -0.25) is 9.11 Å². The van der Waals surface area contributed by atoms with E-state index in [1.165, 1.54) is 0 Å². The van der Waals surface area contributed by atoms with Gasteiger partial charge in [-0.05, 0) is 39.8 Å². The van der Waals surface area contributed by atoms with Gasteiger partial charge < -0.3 is 0 Å². The minimum Gasteiger partial charge on any atom is -0.294 e. The van der Waals surface area contributed by atoms with E-state index in [4.69, 9.17) is 0 Å². The van der Waals surface area contributed by atoms with Crippen molar-refractivity contribution in [1.82, 2.24) is 0 Å². The maximum atomic E-state index is 10.1. The molecule has 0 unspecified atom stereocenters. The zero-order chi connectivity index (χ0) is 11.0. The SMILES string of the molecule is Cc1ccc(S(O)(O)C(C)(C)C)cc1. The first kappa shape index (κ1) is 11.6. The third-order valence-electron chi connectivity index (χ3n) is 2.20. The fraction of sp³-hybridized carbons (Fsp3) is 0.455. The molecule has 2 N–H and O–H groups in total. The van der Waals surface area contributed by atoms with Crippen molar-refractivity contribution in [3.05, 3.63) is 29.8 Å². The van der Waals surface area contributed by atoms with E-state index in [-0.39, 0.29) is 0 Å². The van der Waals surface area contributed by atoms with Gasteiger partial charge in [-0.25, -0.2) is 0 Å². The van der Waals surface area contributed by atoms with Crippen molar-refractivity contribution in [3.8, 4) is 0 Å². The van der Waals surface area contributed by atoms with Crippen LogP contribution in [0.4, 0.5) is 0 Å². The smallest absolute Gasteiger partial charge is 0.0589 e. The standard InChI is InChI=1S/C11H18O2S/c1-9-5-7-10(8-6-9)14(12,13)11(2,3)4/h5-8,12-13H,1-4H3. The van der Waals surface area contributed by atoms with Crippen LogP contribution in [-0.4, -0.2) is 13.9 Å². The summed E-state index contributed by atoms with van der Waals surface area (Å²) >= 11 is 0. The summed E-state index contributed by atoms with van der Waals surface area (Å²) in [6.45, 7) is 7.49. The van der Waals surface area contributed by atoms with E-state index in [1.807, 2.05) is 39.8 Å². The average Bonchev–Trinajstić information content (AvgIpc) is 2.03. The molecule has 0 spiro atoms. The molecular formula is C11H18O2S. The van der Waals surface area contributed by atoms with Crippen LogP contribution in [0.3, 0.4) is 0 Å². The lowest BCUT2D eigenvalue weighted by Crippen LogP contribution is -2.24. The van der Waals surface area contributed by atoms with Crippen LogP contribution in [-0.2, 0) is 0 Å². The number of aryl methyl sites for hydroxylation is 1. The molecule has 0 saturated carbocycles. The molecule has 80 valence electrons. The second-order valence-corrected chi connectivity index (χ2v) is 7.27. The predicted molar refractivity (Wildman–Crippen MR) is 62.0 cm³/mol. The molecule has 0 aliphatic heterocycles. The summed E-state index contributed by atoms with van der Waals surface area (Å²) in [5, 5.41) is 0. The summed E-state index contributed by atoms with van der Waals surface area (Å²) in [4.78, 5) is 0.621. The Balaban J connectivity index is 3.10. The Morgan fingerprint density at radius 1 is 1.00 bits per heavy atom. The first-order valence-electron chi connectivity index (χ1n) is 4.59. The van der Waals surface area contributed by atoms with Crippen molar-refractivity contribution in [1.29, 1.82) is 0 Å². The summed E-state index contributed by atoms with van der Waals surface area (Å²) in [5.41, 5.74) is 1.12. The minimum atomic E-state index is -2.69. The van der Waals surface area contributed by atoms with Crippen molar-refractivity contribution < 1.29 is 9.11 Å². The molecule has 0 aliphatic carbocycles. The minimum absolute atomic E-state index is 0.512. The van der Waals surface area contributed by atoms with Gasteiger partial charge in [-0.2, -0.15) is 10.6 Å². The van der Waals surface area contributed by atoms with Crippen LogP contribution in [0, 0.1) is 6.92 Å². The largest absolute Gasteiger partial charge is 0.294 e. The summed E-state index contributed by atoms with van der Waals surface area (Å²) in [7, 11) is -2.69. The molecule has 0 aliphatic rings. The molecule has 1 rings (SSSR count). The first-order valence-corrected chi connectivity index (χ1v) is 6.14. The topological polar surface area (TPSA) is 40.5 Å². The zero-order valence-electron chi connectivity index (χ0n) is 9.11. The predicted octanol–water partition coefficient (Wildman–Crippen LogP) is 3.90. The molecule has 0 atom stereocenters. The second-order valence-electron chi connectivity index (χ2n) is 4.47. The molecule has 0 aromatic heterocycles. The number of hydrogen-bond acceptors (Lipinski definition) is 2. The Morgan fingerprint density at radius 3 is 1.79 bits per heavy atom. The van der Waals surface area contributed by atoms with Crippen LogP contribution in [0.5, 0.6) is 0 Å². The highest BCUT2D eigenvalue weighted by atomic mass is 32.3. The van der Waals surface area contributed by atoms with Crippen LogP contribution in [0.15, 0.2) is 29.2 Å². The van der Waals surface area contributed by atoms with Gasteiger partial charge >= 0.3 is 0 Å². The third-order valence-corrected chi connectivity index (χ3v) is 4.84. The van der Waals surface area contributed by atoms with E-state index in [9.17, 15) is 9.11 Å². The first-order chi connectivity index (χ1) is 6.25. The van der Waals surface area contributed by atoms with Crippen molar-refractivity contribution in [2.24, 2.45) is 0 Å². The van der Waals surface area contributed by atoms with Crippen LogP contribution in [0.25, 0.3) is 0 Å². The quantitative estimate of drug-likeness (QED) is 0.744. The van der Waals surface area contributed by atoms with Gasteiger partial charge in [0, 0.05) is 0 Å². The summed E-state index contributed by atoms with van der Waals surface area (Å²) < 4.78 is 19.6. The van der Waals surface area contributed by atoms with Crippen LogP contribution >= 0.6 is 10.6 Å². The molecule has 0 fully saturated rings. The molecule has 0 heterocycles. The van der Waals surface area contributed by atoms with Crippen molar-refractivity contribution in [2.45, 2.75) is 37.3 Å². The lowest BCUT2D eigenvalue weighted by Gasteiger charge is -2.44. The van der Waals surface area contributed by atoms with Gasteiger partial charge in [0.2, 0.25) is 0 Å². The third kappa shape index (κ3) is 2.11. The van der Waals surface area contributed by atoms with Gasteiger partial charge in [0.15, 0.2) is 0 Å². The Labute approximate surface area is 87.3 Å². The van der Waals surface area contributed by atoms with Crippen LogP contribution in [0.1, 0.15) is 26.3 Å². The van der Waals surface area contributed by atoms with E-state index in [2.05, 4.69) is 0 Å². The monoisotopic (exact) mass is 214 g/mol. The fourth-order valence-corrected chi connectivity index (χ4v) is 2.30. The molecule has 14 heavy (non-hydrogen) atoms. The van der Waals surface area contributed by atoms with Gasteiger partial charge in [0.1, 0.15) is 0 Å². The Hall–Kier alpha value is -0.510. The zero-order valence-corrected chi connectivity index (χ0v) is 9.93. The van der Waals surface area contributed by atoms with E-state index >= 15 is 0 Å². The molecule has 0 radical (unpaired) electrons. The summed E-state index contributed by atoms with van der Waals surface area (Å²) in [6.07, 6.45) is 0. The molecule has 1 aromatic carbocycles. The molecule has 2 nitrogen and oxygen atoms in total. The van der Waals surface area contributed by atoms with Crippen LogP contribution < -0.4 is 0 Å². The number of benzene rings is 1. The van der Waals surface area contributed by atoms with Crippen LogP contribution in [0.2, 0.25) is 0 Å². The number of hydrogen-bond donors (Lipinski definition) is 2. The van der Waals surface area contributed by atoms with Crippen molar-refractivity contribution in [2.75, 3.05) is 0 Å². The molecule has 0 amide bonds. The maximum absolute atomic E-state index is 10.1. The van der Waals surface area contributed by atoms with Gasteiger partial charge in [-0.15, -0.1) is 0 Å². The van der Waals surface area contributed by atoms with Gasteiger partial charge in [0.05, 0.1) is 9.64 Å². The second kappa shape index (κ2) is 3.57. The van der Waals surface area contributed by atoms with E-state index in [0.717, 1.165) is 5.56 Å². The summed E-state index contributed by atoms with van der Waals surface area (Å²) in [6, 6.07) is 7.37. The van der Waals surface area contributed by atoms with E-state index in [0.29, 0.717) is 4.90 Å². The Morgan fingerprint density at radius 2 is 1.43 bits per heavy atom. The molecule has 0 bridgehead atoms. The highest BCUT2D eigenvalue weighted by Crippen LogP contribution is 2.58. The maximum Gasteiger partial charge on any atom is 0.0589 e. The molecule has 1 aromatic rings. The summed E-state index contributed by atoms with van der Waals surface area (Å²) in [5.74, 6) is 0. The van der Waals surface area contributed by atoms with Crippen molar-refractivity contribution in [3.63, 3.8) is 0 Å². The number of rotatable bonds is 1. The van der Waals surface area contributed by atoms with Gasteiger partial charge in [0.25, 0.3) is 0 Å². The highest BCUT2D eigenvalue weighted by Gasteiger charge is 2.30. The highest BCUT2D eigenvalue weighted by molar-refractivity contribution is 8.25. The van der Waals surface area contributed by atoms with Crippen molar-refractivity contribution >= 4 is 10.6 Å². The normalized spacial score (nSPS) is 14.1.